The van der Waals surface area contributed by atoms with Crippen LogP contribution in [0.2, 0.25) is 0 Å². The summed E-state index contributed by atoms with van der Waals surface area (Å²) in [7, 11) is 0. The molecule has 2 nitrogen and oxygen atoms in total. The Morgan fingerprint density at radius 2 is 2.14 bits per heavy atom. The van der Waals surface area contributed by atoms with Gasteiger partial charge in [0.05, 0.1) is 0 Å². The first-order valence-corrected chi connectivity index (χ1v) is 8.39. The molecule has 3 atom stereocenters. The van der Waals surface area contributed by atoms with E-state index in [9.17, 15) is 9.90 Å². The second kappa shape index (κ2) is 5.47. The number of carbonyl (C=O) groups is 1. The van der Waals surface area contributed by atoms with E-state index in [2.05, 4.69) is 19.9 Å². The van der Waals surface area contributed by atoms with Crippen LogP contribution in [0.1, 0.15) is 69.4 Å². The van der Waals surface area contributed by atoms with E-state index in [1.54, 1.807) is 0 Å². The van der Waals surface area contributed by atoms with Crippen LogP contribution in [-0.4, -0.2) is 10.9 Å². The van der Waals surface area contributed by atoms with Crippen molar-refractivity contribution in [1.82, 2.24) is 0 Å². The Kier molecular flexibility index (Phi) is 3.81. The number of benzene rings is 1. The number of aromatic hydroxyl groups is 1. The van der Waals surface area contributed by atoms with Gasteiger partial charge in [-0.05, 0) is 67.2 Å². The Bertz CT molecular complexity index is 548. The highest BCUT2D eigenvalue weighted by molar-refractivity contribution is 5.87. The second-order valence-electron chi connectivity index (χ2n) is 7.18. The fourth-order valence-corrected chi connectivity index (χ4v) is 4.55. The predicted octanol–water partition coefficient (Wildman–Crippen LogP) is 4.60. The molecule has 0 spiro atoms. The summed E-state index contributed by atoms with van der Waals surface area (Å²) in [6, 6.07) is 5.87. The molecule has 2 saturated carbocycles. The van der Waals surface area contributed by atoms with Crippen molar-refractivity contribution in [2.75, 3.05) is 0 Å². The van der Waals surface area contributed by atoms with Crippen LogP contribution in [0.15, 0.2) is 18.2 Å². The van der Waals surface area contributed by atoms with Crippen LogP contribution in [0.3, 0.4) is 0 Å². The highest BCUT2D eigenvalue weighted by Crippen LogP contribution is 2.54. The van der Waals surface area contributed by atoms with E-state index in [-0.39, 0.29) is 5.41 Å². The van der Waals surface area contributed by atoms with Gasteiger partial charge in [0.15, 0.2) is 0 Å². The molecule has 0 saturated heterocycles. The Morgan fingerprint density at radius 1 is 1.33 bits per heavy atom. The summed E-state index contributed by atoms with van der Waals surface area (Å²) >= 11 is 0. The summed E-state index contributed by atoms with van der Waals surface area (Å²) in [6.07, 6.45) is 7.28. The maximum Gasteiger partial charge on any atom is 0.139 e. The zero-order chi connectivity index (χ0) is 15.0. The Morgan fingerprint density at radius 3 is 2.90 bits per heavy atom. The van der Waals surface area contributed by atoms with Crippen molar-refractivity contribution in [2.24, 2.45) is 11.3 Å². The maximum atomic E-state index is 12.2. The van der Waals surface area contributed by atoms with Gasteiger partial charge in [-0.25, -0.2) is 0 Å². The maximum absolute atomic E-state index is 12.2. The summed E-state index contributed by atoms with van der Waals surface area (Å²) in [5.74, 6) is 1.99. The average Bonchev–Trinajstić information content (AvgIpc) is 2.75. The molecular weight excluding hydrogens is 260 g/mol. The lowest BCUT2D eigenvalue weighted by Gasteiger charge is -2.39. The molecule has 21 heavy (non-hydrogen) atoms. The van der Waals surface area contributed by atoms with Crippen LogP contribution < -0.4 is 0 Å². The van der Waals surface area contributed by atoms with Crippen molar-refractivity contribution in [3.8, 4) is 5.75 Å². The molecule has 1 N–H and O–H groups in total. The SMILES string of the molecule is CCCc1cc(O)ccc1C1CCC2(C)C(=O)CCC2C1. The third-order valence-corrected chi connectivity index (χ3v) is 5.92. The molecule has 114 valence electrons. The molecule has 2 aliphatic rings. The summed E-state index contributed by atoms with van der Waals surface area (Å²) in [6.45, 7) is 4.37. The molecule has 0 bridgehead atoms. The van der Waals surface area contributed by atoms with Crippen molar-refractivity contribution >= 4 is 5.78 Å². The quantitative estimate of drug-likeness (QED) is 0.882. The molecule has 2 heteroatoms. The number of hydrogen-bond acceptors (Lipinski definition) is 2. The van der Waals surface area contributed by atoms with Crippen molar-refractivity contribution < 1.29 is 9.90 Å². The zero-order valence-corrected chi connectivity index (χ0v) is 13.2. The summed E-state index contributed by atoms with van der Waals surface area (Å²) in [4.78, 5) is 12.2. The van der Waals surface area contributed by atoms with Gasteiger partial charge >= 0.3 is 0 Å². The van der Waals surface area contributed by atoms with Gasteiger partial charge in [-0.2, -0.15) is 0 Å². The van der Waals surface area contributed by atoms with Crippen molar-refractivity contribution in [2.45, 2.75) is 64.7 Å². The van der Waals surface area contributed by atoms with Gasteiger partial charge in [0.25, 0.3) is 0 Å². The van der Waals surface area contributed by atoms with E-state index in [0.717, 1.165) is 44.9 Å². The highest BCUT2D eigenvalue weighted by atomic mass is 16.3. The van der Waals surface area contributed by atoms with Gasteiger partial charge in [-0.3, -0.25) is 4.79 Å². The second-order valence-corrected chi connectivity index (χ2v) is 7.18. The van der Waals surface area contributed by atoms with Crippen molar-refractivity contribution in [3.63, 3.8) is 0 Å². The van der Waals surface area contributed by atoms with Gasteiger partial charge < -0.3 is 5.11 Å². The van der Waals surface area contributed by atoms with Gasteiger partial charge in [0.2, 0.25) is 0 Å². The first-order chi connectivity index (χ1) is 10.0. The Hall–Kier alpha value is -1.31. The number of rotatable bonds is 3. The monoisotopic (exact) mass is 286 g/mol. The average molecular weight is 286 g/mol. The number of Topliss-reactive ketones (excluding diaryl/α,β-unsaturated/α-hetero) is 1. The molecule has 0 amide bonds. The number of ketones is 1. The first-order valence-electron chi connectivity index (χ1n) is 8.39. The molecule has 0 aromatic heterocycles. The smallest absolute Gasteiger partial charge is 0.139 e. The fourth-order valence-electron chi connectivity index (χ4n) is 4.55. The van der Waals surface area contributed by atoms with Gasteiger partial charge in [0, 0.05) is 11.8 Å². The normalized spacial score (nSPS) is 32.2. The number of hydrogen-bond donors (Lipinski definition) is 1. The minimum atomic E-state index is -0.0433. The summed E-state index contributed by atoms with van der Waals surface area (Å²) < 4.78 is 0. The number of phenols is 1. The molecule has 2 fully saturated rings. The van der Waals surface area contributed by atoms with Gasteiger partial charge in [-0.15, -0.1) is 0 Å². The minimum absolute atomic E-state index is 0.0433. The summed E-state index contributed by atoms with van der Waals surface area (Å²) in [5.41, 5.74) is 2.67. The lowest BCUT2D eigenvalue weighted by Crippen LogP contribution is -2.34. The van der Waals surface area contributed by atoms with Crippen LogP contribution >= 0.6 is 0 Å². The molecule has 3 rings (SSSR count). The van der Waals surface area contributed by atoms with Gasteiger partial charge in [0.1, 0.15) is 11.5 Å². The van der Waals surface area contributed by atoms with E-state index >= 15 is 0 Å². The Labute approximate surface area is 127 Å². The van der Waals surface area contributed by atoms with E-state index in [1.807, 2.05) is 12.1 Å². The van der Waals surface area contributed by atoms with E-state index in [4.69, 9.17) is 0 Å². The third-order valence-electron chi connectivity index (χ3n) is 5.92. The fraction of sp³-hybridized carbons (Fsp3) is 0.632. The third kappa shape index (κ3) is 2.49. The molecule has 1 aromatic carbocycles. The molecule has 2 aliphatic carbocycles. The van der Waals surface area contributed by atoms with Crippen LogP contribution in [0, 0.1) is 11.3 Å². The number of carbonyl (C=O) groups excluding carboxylic acids is 1. The molecular formula is C19H26O2. The van der Waals surface area contributed by atoms with Crippen molar-refractivity contribution in [1.29, 1.82) is 0 Å². The first kappa shape index (κ1) is 14.6. The van der Waals surface area contributed by atoms with E-state index < -0.39 is 0 Å². The molecule has 3 unspecified atom stereocenters. The Balaban J connectivity index is 1.85. The summed E-state index contributed by atoms with van der Waals surface area (Å²) in [5, 5.41) is 9.74. The van der Waals surface area contributed by atoms with Gasteiger partial charge in [-0.1, -0.05) is 26.3 Å². The lowest BCUT2D eigenvalue weighted by atomic mass is 9.64. The standard InChI is InChI=1S/C19H26O2/c1-3-4-13-12-16(20)6-7-17(13)14-9-10-19(2)15(11-14)5-8-18(19)21/h6-7,12,14-15,20H,3-5,8-11H2,1-2H3. The van der Waals surface area contributed by atoms with Crippen LogP contribution in [0.4, 0.5) is 0 Å². The minimum Gasteiger partial charge on any atom is -0.508 e. The van der Waals surface area contributed by atoms with Crippen LogP contribution in [0.25, 0.3) is 0 Å². The van der Waals surface area contributed by atoms with E-state index in [1.165, 1.54) is 11.1 Å². The predicted molar refractivity (Wildman–Crippen MR) is 84.5 cm³/mol. The topological polar surface area (TPSA) is 37.3 Å². The number of aryl methyl sites for hydroxylation is 1. The van der Waals surface area contributed by atoms with E-state index in [0.29, 0.717) is 23.4 Å². The number of fused-ring (bicyclic) bond motifs is 1. The van der Waals surface area contributed by atoms with Crippen LogP contribution in [-0.2, 0) is 11.2 Å². The number of phenolic OH excluding ortho intramolecular Hbond substituents is 1. The molecule has 0 radical (unpaired) electrons. The largest absolute Gasteiger partial charge is 0.508 e. The highest BCUT2D eigenvalue weighted by Gasteiger charge is 2.49. The molecule has 1 aromatic rings. The zero-order valence-electron chi connectivity index (χ0n) is 13.2. The molecule has 0 heterocycles. The van der Waals surface area contributed by atoms with Crippen LogP contribution in [0.5, 0.6) is 5.75 Å². The van der Waals surface area contributed by atoms with Crippen molar-refractivity contribution in [3.05, 3.63) is 29.3 Å². The lowest BCUT2D eigenvalue weighted by molar-refractivity contribution is -0.127. The molecule has 0 aliphatic heterocycles.